The fraction of sp³-hybridized carbons (Fsp3) is 0.625. The van der Waals surface area contributed by atoms with Gasteiger partial charge in [-0.15, -0.1) is 0 Å². The summed E-state index contributed by atoms with van der Waals surface area (Å²) in [4.78, 5) is 2.61. The summed E-state index contributed by atoms with van der Waals surface area (Å²) in [6, 6.07) is 10.8. The lowest BCUT2D eigenvalue weighted by atomic mass is 10.1. The molecule has 0 saturated carbocycles. The van der Waals surface area contributed by atoms with E-state index in [0.29, 0.717) is 0 Å². The van der Waals surface area contributed by atoms with Gasteiger partial charge in [-0.1, -0.05) is 30.3 Å². The van der Waals surface area contributed by atoms with Gasteiger partial charge in [0.25, 0.3) is 0 Å². The normalized spacial score (nSPS) is 20.6. The maximum atomic E-state index is 3.62. The zero-order valence-electron chi connectivity index (χ0n) is 11.8. The zero-order chi connectivity index (χ0) is 12.8. The third kappa shape index (κ3) is 4.43. The van der Waals surface area contributed by atoms with Crippen molar-refractivity contribution in [2.45, 2.75) is 38.6 Å². The van der Waals surface area contributed by atoms with E-state index in [1.54, 1.807) is 0 Å². The Kier molecular flexibility index (Phi) is 4.79. The minimum Gasteiger partial charge on any atom is -0.310 e. The smallest absolute Gasteiger partial charge is 0.0252 e. The van der Waals surface area contributed by atoms with E-state index in [9.17, 15) is 0 Å². The largest absolute Gasteiger partial charge is 0.310 e. The average Bonchev–Trinajstić information content (AvgIpc) is 2.51. The van der Waals surface area contributed by atoms with Crippen LogP contribution < -0.4 is 5.32 Å². The minimum atomic E-state index is 0.267. The summed E-state index contributed by atoms with van der Waals surface area (Å²) in [5.41, 5.74) is 1.73. The van der Waals surface area contributed by atoms with Crippen LogP contribution in [0.3, 0.4) is 0 Å². The number of hydrogen-bond acceptors (Lipinski definition) is 2. The van der Waals surface area contributed by atoms with Gasteiger partial charge in [-0.05, 0) is 58.3 Å². The highest BCUT2D eigenvalue weighted by Crippen LogP contribution is 2.11. The summed E-state index contributed by atoms with van der Waals surface area (Å²) in [6.45, 7) is 9.40. The molecule has 1 fully saturated rings. The van der Waals surface area contributed by atoms with Gasteiger partial charge >= 0.3 is 0 Å². The number of rotatable bonds is 4. The van der Waals surface area contributed by atoms with Crippen molar-refractivity contribution in [2.24, 2.45) is 0 Å². The Hall–Kier alpha value is -0.860. The molecule has 0 atom stereocenters. The summed E-state index contributed by atoms with van der Waals surface area (Å²) in [5.74, 6) is 0. The quantitative estimate of drug-likeness (QED) is 0.878. The molecule has 1 aromatic rings. The number of nitrogens with zero attached hydrogens (tertiary/aromatic N) is 1. The predicted octanol–water partition coefficient (Wildman–Crippen LogP) is 2.69. The van der Waals surface area contributed by atoms with Crippen LogP contribution in [0.25, 0.3) is 0 Å². The SMILES string of the molecule is CC1(C)CN(CCCc2ccccc2)CCCN1. The van der Waals surface area contributed by atoms with Crippen LogP contribution in [0.1, 0.15) is 32.3 Å². The van der Waals surface area contributed by atoms with Crippen molar-refractivity contribution in [1.29, 1.82) is 0 Å². The summed E-state index contributed by atoms with van der Waals surface area (Å²) in [5, 5.41) is 3.62. The second kappa shape index (κ2) is 6.35. The zero-order valence-corrected chi connectivity index (χ0v) is 11.8. The Morgan fingerprint density at radius 3 is 2.78 bits per heavy atom. The molecule has 2 nitrogen and oxygen atoms in total. The Morgan fingerprint density at radius 1 is 1.22 bits per heavy atom. The first-order chi connectivity index (χ1) is 8.66. The second-order valence-electron chi connectivity index (χ2n) is 6.03. The van der Waals surface area contributed by atoms with Gasteiger partial charge < -0.3 is 10.2 Å². The number of hydrogen-bond donors (Lipinski definition) is 1. The maximum Gasteiger partial charge on any atom is 0.0252 e. The van der Waals surface area contributed by atoms with E-state index in [4.69, 9.17) is 0 Å². The fourth-order valence-electron chi connectivity index (χ4n) is 2.77. The van der Waals surface area contributed by atoms with Crippen LogP contribution >= 0.6 is 0 Å². The van der Waals surface area contributed by atoms with Gasteiger partial charge in [0.05, 0.1) is 0 Å². The van der Waals surface area contributed by atoms with Gasteiger partial charge in [-0.25, -0.2) is 0 Å². The topological polar surface area (TPSA) is 15.3 Å². The van der Waals surface area contributed by atoms with Gasteiger partial charge in [-0.2, -0.15) is 0 Å². The third-order valence-electron chi connectivity index (χ3n) is 3.66. The molecule has 0 spiro atoms. The Morgan fingerprint density at radius 2 is 2.00 bits per heavy atom. The van der Waals surface area contributed by atoms with Crippen LogP contribution in [0.4, 0.5) is 0 Å². The summed E-state index contributed by atoms with van der Waals surface area (Å²) in [7, 11) is 0. The second-order valence-corrected chi connectivity index (χ2v) is 6.03. The lowest BCUT2D eigenvalue weighted by Gasteiger charge is -2.30. The van der Waals surface area contributed by atoms with E-state index >= 15 is 0 Å². The van der Waals surface area contributed by atoms with E-state index in [2.05, 4.69) is 54.4 Å². The van der Waals surface area contributed by atoms with Gasteiger partial charge in [0.2, 0.25) is 0 Å². The van der Waals surface area contributed by atoms with Gasteiger partial charge in [0.15, 0.2) is 0 Å². The third-order valence-corrected chi connectivity index (χ3v) is 3.66. The van der Waals surface area contributed by atoms with Crippen molar-refractivity contribution in [3.8, 4) is 0 Å². The molecule has 1 saturated heterocycles. The van der Waals surface area contributed by atoms with Crippen molar-refractivity contribution >= 4 is 0 Å². The number of aryl methyl sites for hydroxylation is 1. The molecule has 1 aliphatic rings. The molecule has 0 radical (unpaired) electrons. The molecular formula is C16H26N2. The Bertz CT molecular complexity index is 345. The Labute approximate surface area is 111 Å². The highest BCUT2D eigenvalue weighted by molar-refractivity contribution is 5.14. The molecule has 2 heteroatoms. The maximum absolute atomic E-state index is 3.62. The lowest BCUT2D eigenvalue weighted by molar-refractivity contribution is 0.229. The van der Waals surface area contributed by atoms with Crippen LogP contribution in [0.15, 0.2) is 30.3 Å². The van der Waals surface area contributed by atoms with Gasteiger partial charge in [-0.3, -0.25) is 0 Å². The lowest BCUT2D eigenvalue weighted by Crippen LogP contribution is -2.46. The molecule has 0 bridgehead atoms. The van der Waals surface area contributed by atoms with E-state index in [1.165, 1.54) is 44.5 Å². The molecule has 0 aromatic heterocycles. The number of benzene rings is 1. The Balaban J connectivity index is 1.76. The van der Waals surface area contributed by atoms with E-state index in [1.807, 2.05) is 0 Å². The first kappa shape index (κ1) is 13.6. The highest BCUT2D eigenvalue weighted by atomic mass is 15.2. The molecule has 1 N–H and O–H groups in total. The van der Waals surface area contributed by atoms with Crippen molar-refractivity contribution in [3.63, 3.8) is 0 Å². The number of nitrogens with one attached hydrogen (secondary N) is 1. The van der Waals surface area contributed by atoms with Crippen LogP contribution in [0.2, 0.25) is 0 Å². The standard InChI is InChI=1S/C16H26N2/c1-16(2)14-18(13-7-11-17-16)12-6-10-15-8-4-3-5-9-15/h3-5,8-9,17H,6-7,10-14H2,1-2H3. The minimum absolute atomic E-state index is 0.267. The van der Waals surface area contributed by atoms with Crippen LogP contribution in [0.5, 0.6) is 0 Å². The molecule has 2 rings (SSSR count). The molecule has 18 heavy (non-hydrogen) atoms. The predicted molar refractivity (Wildman–Crippen MR) is 77.9 cm³/mol. The molecular weight excluding hydrogens is 220 g/mol. The van der Waals surface area contributed by atoms with Crippen molar-refractivity contribution in [3.05, 3.63) is 35.9 Å². The fourth-order valence-corrected chi connectivity index (χ4v) is 2.77. The van der Waals surface area contributed by atoms with Crippen LogP contribution in [-0.4, -0.2) is 36.6 Å². The van der Waals surface area contributed by atoms with Gasteiger partial charge in [0.1, 0.15) is 0 Å². The van der Waals surface area contributed by atoms with E-state index in [0.717, 1.165) is 6.54 Å². The molecule has 100 valence electrons. The monoisotopic (exact) mass is 246 g/mol. The van der Waals surface area contributed by atoms with Crippen molar-refractivity contribution in [1.82, 2.24) is 10.2 Å². The average molecular weight is 246 g/mol. The summed E-state index contributed by atoms with van der Waals surface area (Å²) < 4.78 is 0. The summed E-state index contributed by atoms with van der Waals surface area (Å²) >= 11 is 0. The highest BCUT2D eigenvalue weighted by Gasteiger charge is 2.23. The van der Waals surface area contributed by atoms with Gasteiger partial charge in [0, 0.05) is 12.1 Å². The molecule has 0 aliphatic carbocycles. The van der Waals surface area contributed by atoms with E-state index in [-0.39, 0.29) is 5.54 Å². The summed E-state index contributed by atoms with van der Waals surface area (Å²) in [6.07, 6.45) is 3.74. The van der Waals surface area contributed by atoms with E-state index < -0.39 is 0 Å². The van der Waals surface area contributed by atoms with Crippen LogP contribution in [0, 0.1) is 0 Å². The molecule has 1 aliphatic heterocycles. The molecule has 1 heterocycles. The molecule has 0 amide bonds. The molecule has 1 aromatic carbocycles. The van der Waals surface area contributed by atoms with Crippen molar-refractivity contribution < 1.29 is 0 Å². The van der Waals surface area contributed by atoms with Crippen molar-refractivity contribution in [2.75, 3.05) is 26.2 Å². The first-order valence-corrected chi connectivity index (χ1v) is 7.17. The van der Waals surface area contributed by atoms with Crippen LogP contribution in [-0.2, 0) is 6.42 Å². The molecule has 0 unspecified atom stereocenters. The first-order valence-electron chi connectivity index (χ1n) is 7.17.